The summed E-state index contributed by atoms with van der Waals surface area (Å²) in [5.41, 5.74) is 2.96. The maximum atomic E-state index is 7.82. The zero-order chi connectivity index (χ0) is 17.2. The Morgan fingerprint density at radius 1 is 1.17 bits per heavy atom. The lowest BCUT2D eigenvalue weighted by atomic mass is 10.1. The molecule has 1 aliphatic rings. The summed E-state index contributed by atoms with van der Waals surface area (Å²) >= 11 is 5.84. The van der Waals surface area contributed by atoms with Gasteiger partial charge in [-0.2, -0.15) is 0 Å². The predicted molar refractivity (Wildman–Crippen MR) is 95.1 cm³/mol. The lowest BCUT2D eigenvalue weighted by Crippen LogP contribution is -2.35. The Morgan fingerprint density at radius 2 is 2.04 bits per heavy atom. The van der Waals surface area contributed by atoms with Gasteiger partial charge in [0, 0.05) is 17.8 Å². The van der Waals surface area contributed by atoms with Crippen molar-refractivity contribution in [1.29, 1.82) is 0 Å². The van der Waals surface area contributed by atoms with Crippen LogP contribution in [0, 0.1) is 0 Å². The molecule has 1 fully saturated rings. The summed E-state index contributed by atoms with van der Waals surface area (Å²) < 4.78 is 7.82. The highest BCUT2D eigenvalue weighted by Crippen LogP contribution is 2.24. The smallest absolute Gasteiger partial charge is 0.156 e. The Labute approximate surface area is 146 Å². The minimum atomic E-state index is 0.179. The van der Waals surface area contributed by atoms with E-state index in [9.17, 15) is 0 Å². The second-order valence-corrected chi connectivity index (χ2v) is 6.11. The summed E-state index contributed by atoms with van der Waals surface area (Å²) in [4.78, 5) is 17.4. The monoisotopic (exact) mass is 341 g/mol. The zero-order valence-corrected chi connectivity index (χ0v) is 13.7. The van der Waals surface area contributed by atoms with Gasteiger partial charge >= 0.3 is 0 Å². The zero-order valence-electron chi connectivity index (χ0n) is 14.0. The molecule has 0 spiro atoms. The molecule has 3 aromatic heterocycles. The highest BCUT2D eigenvalue weighted by Gasteiger charge is 2.15. The number of pyridine rings is 2. The average Bonchev–Trinajstić information content (AvgIpc) is 2.65. The molecule has 0 aliphatic carbocycles. The summed E-state index contributed by atoms with van der Waals surface area (Å²) in [6, 6.07) is 5.99. The van der Waals surface area contributed by atoms with Gasteiger partial charge in [0.15, 0.2) is 5.82 Å². The predicted octanol–water partition coefficient (Wildman–Crippen LogP) is 2.90. The van der Waals surface area contributed by atoms with Crippen LogP contribution in [-0.4, -0.2) is 39.1 Å². The maximum Gasteiger partial charge on any atom is 0.156 e. The number of hydrogen-bond donors (Lipinski definition) is 2. The van der Waals surface area contributed by atoms with Gasteiger partial charge in [-0.1, -0.05) is 11.6 Å². The molecule has 0 unspecified atom stereocenters. The van der Waals surface area contributed by atoms with E-state index in [0.29, 0.717) is 11.7 Å². The van der Waals surface area contributed by atoms with Crippen molar-refractivity contribution in [3.63, 3.8) is 0 Å². The highest BCUT2D eigenvalue weighted by atomic mass is 35.5. The van der Waals surface area contributed by atoms with E-state index in [1.54, 1.807) is 18.6 Å². The van der Waals surface area contributed by atoms with Crippen LogP contribution in [0.25, 0.3) is 22.3 Å². The minimum Gasteiger partial charge on any atom is -0.365 e. The molecule has 4 heterocycles. The summed E-state index contributed by atoms with van der Waals surface area (Å²) in [7, 11) is 0. The first-order valence-electron chi connectivity index (χ1n) is 8.42. The third kappa shape index (κ3) is 3.16. The van der Waals surface area contributed by atoms with Crippen molar-refractivity contribution in [2.24, 2.45) is 0 Å². The second-order valence-electron chi connectivity index (χ2n) is 5.75. The number of fused-ring (bicyclic) bond motifs is 1. The number of anilines is 1. The van der Waals surface area contributed by atoms with E-state index in [1.165, 1.54) is 0 Å². The van der Waals surface area contributed by atoms with Gasteiger partial charge in [0.1, 0.15) is 17.0 Å². The van der Waals surface area contributed by atoms with Crippen LogP contribution in [0.5, 0.6) is 0 Å². The Hall–Kier alpha value is -2.31. The van der Waals surface area contributed by atoms with Crippen molar-refractivity contribution >= 4 is 28.5 Å². The largest absolute Gasteiger partial charge is 0.365 e. The van der Waals surface area contributed by atoms with Crippen LogP contribution < -0.4 is 10.6 Å². The van der Waals surface area contributed by atoms with Crippen LogP contribution in [0.4, 0.5) is 5.82 Å². The standard InChI is InChI=1S/C17H17ClN6/c18-15-4-1-11(9-20-15)13-2-3-14-16(24-13)17(22-10-21-14)23-12-5-7-19-8-6-12/h1-4,9-10,12,19H,5-8H2,(H,21,22,23)/i4D. The molecule has 4 rings (SSSR count). The summed E-state index contributed by atoms with van der Waals surface area (Å²) in [6.07, 6.45) is 5.28. The number of rotatable bonds is 3. The van der Waals surface area contributed by atoms with Crippen molar-refractivity contribution in [3.05, 3.63) is 41.9 Å². The summed E-state index contributed by atoms with van der Waals surface area (Å²) in [6.45, 7) is 2.00. The van der Waals surface area contributed by atoms with Gasteiger partial charge in [-0.25, -0.2) is 19.9 Å². The molecule has 1 aliphatic heterocycles. The van der Waals surface area contributed by atoms with Gasteiger partial charge in [0.2, 0.25) is 0 Å². The molecule has 0 aromatic carbocycles. The third-order valence-electron chi connectivity index (χ3n) is 4.12. The topological polar surface area (TPSA) is 75.6 Å². The quantitative estimate of drug-likeness (QED) is 0.713. The van der Waals surface area contributed by atoms with E-state index in [4.69, 9.17) is 18.0 Å². The molecular formula is C17H17ClN6. The number of halogens is 1. The van der Waals surface area contributed by atoms with E-state index in [1.807, 2.05) is 12.1 Å². The van der Waals surface area contributed by atoms with Gasteiger partial charge in [-0.15, -0.1) is 0 Å². The molecule has 7 heteroatoms. The van der Waals surface area contributed by atoms with Crippen molar-refractivity contribution in [1.82, 2.24) is 25.3 Å². The van der Waals surface area contributed by atoms with E-state index in [-0.39, 0.29) is 11.2 Å². The Balaban J connectivity index is 1.73. The van der Waals surface area contributed by atoms with Crippen LogP contribution >= 0.6 is 11.6 Å². The molecule has 1 saturated heterocycles. The van der Waals surface area contributed by atoms with Crippen molar-refractivity contribution in [2.75, 3.05) is 18.4 Å². The molecule has 0 radical (unpaired) electrons. The lowest BCUT2D eigenvalue weighted by molar-refractivity contribution is 0.478. The molecule has 0 atom stereocenters. The number of nitrogens with one attached hydrogen (secondary N) is 2. The van der Waals surface area contributed by atoms with Crippen molar-refractivity contribution < 1.29 is 1.37 Å². The first-order valence-corrected chi connectivity index (χ1v) is 8.30. The van der Waals surface area contributed by atoms with Gasteiger partial charge in [0.05, 0.1) is 12.6 Å². The van der Waals surface area contributed by atoms with Gasteiger partial charge in [-0.05, 0) is 50.2 Å². The Morgan fingerprint density at radius 3 is 2.88 bits per heavy atom. The number of nitrogens with zero attached hydrogens (tertiary/aromatic N) is 4. The Kier molecular flexibility index (Phi) is 3.91. The van der Waals surface area contributed by atoms with Gasteiger partial charge < -0.3 is 10.6 Å². The SMILES string of the molecule is [2H]c1cc(-c2ccc3ncnc(NC4CCNCC4)c3n2)cnc1Cl. The molecule has 24 heavy (non-hydrogen) atoms. The molecule has 0 bridgehead atoms. The van der Waals surface area contributed by atoms with Crippen LogP contribution in [0.3, 0.4) is 0 Å². The third-order valence-corrected chi connectivity index (χ3v) is 4.33. The fourth-order valence-corrected chi connectivity index (χ4v) is 2.95. The number of piperidine rings is 1. The minimum absolute atomic E-state index is 0.179. The molecule has 0 amide bonds. The molecule has 122 valence electrons. The van der Waals surface area contributed by atoms with E-state index < -0.39 is 0 Å². The normalized spacial score (nSPS) is 16.1. The molecule has 3 aromatic rings. The number of hydrogen-bond acceptors (Lipinski definition) is 6. The first kappa shape index (κ1) is 14.1. The van der Waals surface area contributed by atoms with E-state index in [0.717, 1.165) is 48.3 Å². The fourth-order valence-electron chi connectivity index (χ4n) is 2.84. The summed E-state index contributed by atoms with van der Waals surface area (Å²) in [5, 5.41) is 7.03. The first-order chi connectivity index (χ1) is 12.2. The van der Waals surface area contributed by atoms with Gasteiger partial charge in [-0.3, -0.25) is 0 Å². The van der Waals surface area contributed by atoms with Crippen LogP contribution in [-0.2, 0) is 0 Å². The van der Waals surface area contributed by atoms with E-state index in [2.05, 4.69) is 25.6 Å². The number of aromatic nitrogens is 4. The van der Waals surface area contributed by atoms with Gasteiger partial charge in [0.25, 0.3) is 0 Å². The molecular weight excluding hydrogens is 324 g/mol. The van der Waals surface area contributed by atoms with Crippen molar-refractivity contribution in [2.45, 2.75) is 18.9 Å². The van der Waals surface area contributed by atoms with E-state index >= 15 is 0 Å². The molecule has 2 N–H and O–H groups in total. The lowest BCUT2D eigenvalue weighted by Gasteiger charge is -2.24. The maximum absolute atomic E-state index is 7.82. The average molecular weight is 342 g/mol. The summed E-state index contributed by atoms with van der Waals surface area (Å²) in [5.74, 6) is 0.742. The highest BCUT2D eigenvalue weighted by molar-refractivity contribution is 6.29. The molecule has 0 saturated carbocycles. The van der Waals surface area contributed by atoms with Crippen LogP contribution in [0.2, 0.25) is 5.15 Å². The fraction of sp³-hybridized carbons (Fsp3) is 0.294. The molecule has 6 nitrogen and oxygen atoms in total. The van der Waals surface area contributed by atoms with Crippen molar-refractivity contribution in [3.8, 4) is 11.3 Å². The van der Waals surface area contributed by atoms with Crippen LogP contribution in [0.15, 0.2) is 36.8 Å². The Bertz CT molecular complexity index is 913. The van der Waals surface area contributed by atoms with Crippen LogP contribution in [0.1, 0.15) is 14.2 Å². The second kappa shape index (κ2) is 6.67.